The van der Waals surface area contributed by atoms with Gasteiger partial charge < -0.3 is 14.2 Å². The molecular formula is C18H17N7O2. The number of ether oxygens (including phenoxy) is 1. The molecule has 0 N–H and O–H groups in total. The van der Waals surface area contributed by atoms with Crippen molar-refractivity contribution in [3.63, 3.8) is 0 Å². The zero-order valence-corrected chi connectivity index (χ0v) is 14.7. The van der Waals surface area contributed by atoms with Crippen molar-refractivity contribution in [2.75, 3.05) is 18.0 Å². The van der Waals surface area contributed by atoms with E-state index in [2.05, 4.69) is 30.3 Å². The Morgan fingerprint density at radius 2 is 2.15 bits per heavy atom. The van der Waals surface area contributed by atoms with Gasteiger partial charge in [0.25, 0.3) is 5.88 Å². The molecule has 9 heteroatoms. The summed E-state index contributed by atoms with van der Waals surface area (Å²) in [5, 5.41) is 17.2. The van der Waals surface area contributed by atoms with Gasteiger partial charge >= 0.3 is 0 Å². The number of fused-ring (bicyclic) bond motifs is 1. The minimum Gasteiger partial charge on any atom is -0.470 e. The standard InChI is InChI=1S/C18H17N7O2/c1-12-8-14(23-27-12)17-21-20-16-9-15(24-6-3-7-24)18(22-25(16)17)26-11-13-4-2-5-19-10-13/h2,4-5,8-10H,3,6-7,11H2,1H3. The molecule has 1 fully saturated rings. The van der Waals surface area contributed by atoms with Crippen LogP contribution in [0.1, 0.15) is 17.7 Å². The lowest BCUT2D eigenvalue weighted by Gasteiger charge is -2.33. The minimum atomic E-state index is 0.383. The molecule has 5 heterocycles. The number of hydrogen-bond acceptors (Lipinski definition) is 8. The van der Waals surface area contributed by atoms with Crippen molar-refractivity contribution in [1.82, 2.24) is 30.0 Å². The van der Waals surface area contributed by atoms with Crippen LogP contribution >= 0.6 is 0 Å². The molecule has 1 saturated heterocycles. The molecule has 5 rings (SSSR count). The Morgan fingerprint density at radius 3 is 2.85 bits per heavy atom. The lowest BCUT2D eigenvalue weighted by molar-refractivity contribution is 0.288. The maximum atomic E-state index is 6.04. The van der Waals surface area contributed by atoms with E-state index in [1.165, 1.54) is 0 Å². The third-order valence-corrected chi connectivity index (χ3v) is 4.49. The maximum Gasteiger partial charge on any atom is 0.256 e. The Morgan fingerprint density at radius 1 is 1.22 bits per heavy atom. The van der Waals surface area contributed by atoms with Crippen LogP contribution in [0.4, 0.5) is 5.69 Å². The average molecular weight is 363 g/mol. The summed E-state index contributed by atoms with van der Waals surface area (Å²) in [5.74, 6) is 1.75. The van der Waals surface area contributed by atoms with Crippen molar-refractivity contribution in [3.05, 3.63) is 48.0 Å². The van der Waals surface area contributed by atoms with Gasteiger partial charge in [0.15, 0.2) is 11.3 Å². The molecule has 0 aromatic carbocycles. The number of anilines is 1. The van der Waals surface area contributed by atoms with Crippen LogP contribution in [0.15, 0.2) is 41.2 Å². The fourth-order valence-electron chi connectivity index (χ4n) is 2.96. The Kier molecular flexibility index (Phi) is 3.70. The van der Waals surface area contributed by atoms with E-state index in [1.807, 2.05) is 25.1 Å². The van der Waals surface area contributed by atoms with Crippen LogP contribution in [0.2, 0.25) is 0 Å². The molecule has 0 bridgehead atoms. The summed E-state index contributed by atoms with van der Waals surface area (Å²) in [6, 6.07) is 7.61. The molecule has 4 aromatic rings. The highest BCUT2D eigenvalue weighted by Gasteiger charge is 2.23. The van der Waals surface area contributed by atoms with Gasteiger partial charge in [-0.1, -0.05) is 11.2 Å². The zero-order valence-electron chi connectivity index (χ0n) is 14.7. The Labute approximate surface area is 154 Å². The first-order valence-corrected chi connectivity index (χ1v) is 8.75. The zero-order chi connectivity index (χ0) is 18.2. The summed E-state index contributed by atoms with van der Waals surface area (Å²) in [4.78, 5) is 6.35. The van der Waals surface area contributed by atoms with E-state index < -0.39 is 0 Å². The van der Waals surface area contributed by atoms with Gasteiger partial charge in [-0.2, -0.15) is 4.52 Å². The maximum absolute atomic E-state index is 6.04. The number of hydrogen-bond donors (Lipinski definition) is 0. The van der Waals surface area contributed by atoms with E-state index in [0.29, 0.717) is 35.4 Å². The topological polar surface area (TPSA) is 94.5 Å². The Bertz CT molecular complexity index is 1090. The van der Waals surface area contributed by atoms with E-state index in [-0.39, 0.29) is 0 Å². The number of pyridine rings is 1. The van der Waals surface area contributed by atoms with Gasteiger partial charge in [0, 0.05) is 43.2 Å². The molecule has 1 aliphatic heterocycles. The van der Waals surface area contributed by atoms with Crippen molar-refractivity contribution in [1.29, 1.82) is 0 Å². The van der Waals surface area contributed by atoms with Crippen LogP contribution in [0, 0.1) is 6.92 Å². The normalized spacial score (nSPS) is 13.7. The second-order valence-electron chi connectivity index (χ2n) is 6.44. The summed E-state index contributed by atoms with van der Waals surface area (Å²) in [5.41, 5.74) is 3.13. The molecule has 27 heavy (non-hydrogen) atoms. The van der Waals surface area contributed by atoms with E-state index in [4.69, 9.17) is 9.26 Å². The van der Waals surface area contributed by atoms with E-state index in [1.54, 1.807) is 23.0 Å². The van der Waals surface area contributed by atoms with Crippen LogP contribution in [-0.2, 0) is 6.61 Å². The van der Waals surface area contributed by atoms with E-state index >= 15 is 0 Å². The summed E-state index contributed by atoms with van der Waals surface area (Å²) < 4.78 is 12.8. The lowest BCUT2D eigenvalue weighted by Crippen LogP contribution is -2.37. The van der Waals surface area contributed by atoms with Gasteiger partial charge in [-0.3, -0.25) is 4.98 Å². The molecule has 4 aromatic heterocycles. The molecule has 0 aliphatic carbocycles. The molecule has 136 valence electrons. The smallest absolute Gasteiger partial charge is 0.256 e. The largest absolute Gasteiger partial charge is 0.470 e. The molecule has 0 atom stereocenters. The van der Waals surface area contributed by atoms with Crippen LogP contribution < -0.4 is 9.64 Å². The highest BCUT2D eigenvalue weighted by atomic mass is 16.5. The lowest BCUT2D eigenvalue weighted by atomic mass is 10.2. The van der Waals surface area contributed by atoms with Gasteiger partial charge in [-0.25, -0.2) is 0 Å². The minimum absolute atomic E-state index is 0.383. The molecule has 0 unspecified atom stereocenters. The number of aryl methyl sites for hydroxylation is 1. The molecule has 0 spiro atoms. The van der Waals surface area contributed by atoms with Crippen molar-refractivity contribution in [3.8, 4) is 17.4 Å². The van der Waals surface area contributed by atoms with Crippen LogP contribution in [0.25, 0.3) is 17.2 Å². The fraction of sp³-hybridized carbons (Fsp3) is 0.278. The summed E-state index contributed by atoms with van der Waals surface area (Å²) >= 11 is 0. The number of nitrogens with zero attached hydrogens (tertiary/aromatic N) is 7. The Balaban J connectivity index is 1.55. The molecule has 0 saturated carbocycles. The van der Waals surface area contributed by atoms with Crippen LogP contribution in [-0.4, -0.2) is 43.0 Å². The van der Waals surface area contributed by atoms with Crippen LogP contribution in [0.5, 0.6) is 5.88 Å². The number of aromatic nitrogens is 6. The van der Waals surface area contributed by atoms with E-state index in [0.717, 1.165) is 30.8 Å². The number of rotatable bonds is 5. The van der Waals surface area contributed by atoms with Crippen molar-refractivity contribution >= 4 is 11.3 Å². The predicted molar refractivity (Wildman–Crippen MR) is 96.4 cm³/mol. The van der Waals surface area contributed by atoms with Crippen molar-refractivity contribution < 1.29 is 9.26 Å². The van der Waals surface area contributed by atoms with Gasteiger partial charge in [-0.15, -0.1) is 15.3 Å². The van der Waals surface area contributed by atoms with Gasteiger partial charge in [0.2, 0.25) is 5.82 Å². The van der Waals surface area contributed by atoms with Crippen molar-refractivity contribution in [2.24, 2.45) is 0 Å². The molecule has 0 radical (unpaired) electrons. The third kappa shape index (κ3) is 2.86. The van der Waals surface area contributed by atoms with Crippen LogP contribution in [0.3, 0.4) is 0 Å². The van der Waals surface area contributed by atoms with Gasteiger partial charge in [0.1, 0.15) is 18.1 Å². The SMILES string of the molecule is Cc1cc(-c2nnc3cc(N4CCC4)c(OCc4cccnc4)nn23)no1. The monoisotopic (exact) mass is 363 g/mol. The first-order valence-electron chi connectivity index (χ1n) is 8.75. The first kappa shape index (κ1) is 15.7. The summed E-state index contributed by atoms with van der Waals surface area (Å²) in [7, 11) is 0. The van der Waals surface area contributed by atoms with Gasteiger partial charge in [-0.05, 0) is 19.4 Å². The molecule has 0 amide bonds. The molecule has 1 aliphatic rings. The highest BCUT2D eigenvalue weighted by Crippen LogP contribution is 2.32. The van der Waals surface area contributed by atoms with Gasteiger partial charge in [0.05, 0.1) is 0 Å². The quantitative estimate of drug-likeness (QED) is 0.533. The second kappa shape index (κ2) is 6.35. The highest BCUT2D eigenvalue weighted by molar-refractivity contribution is 5.65. The van der Waals surface area contributed by atoms with Crippen molar-refractivity contribution in [2.45, 2.75) is 20.0 Å². The molecular weight excluding hydrogens is 346 g/mol. The summed E-state index contributed by atoms with van der Waals surface area (Å²) in [6.45, 7) is 4.17. The molecule has 9 nitrogen and oxygen atoms in total. The predicted octanol–water partition coefficient (Wildman–Crippen LogP) is 2.27. The van der Waals surface area contributed by atoms with E-state index in [9.17, 15) is 0 Å². The summed E-state index contributed by atoms with van der Waals surface area (Å²) in [6.07, 6.45) is 4.68. The fourth-order valence-corrected chi connectivity index (χ4v) is 2.96. The Hall–Kier alpha value is -3.49. The third-order valence-electron chi connectivity index (χ3n) is 4.49. The average Bonchev–Trinajstić information content (AvgIpc) is 3.25. The first-order chi connectivity index (χ1) is 13.3. The second-order valence-corrected chi connectivity index (χ2v) is 6.44.